The first-order valence-corrected chi connectivity index (χ1v) is 16.4. The average Bonchev–Trinajstić information content (AvgIpc) is 2.94. The second-order valence-corrected chi connectivity index (χ2v) is 11.6. The van der Waals surface area contributed by atoms with Gasteiger partial charge in [0.25, 0.3) is 5.91 Å². The van der Waals surface area contributed by atoms with Crippen LogP contribution in [0.2, 0.25) is 0 Å². The van der Waals surface area contributed by atoms with Gasteiger partial charge in [0.15, 0.2) is 0 Å². The number of carbonyl (C=O) groups excluding carboxylic acids is 2. The number of rotatable bonds is 22. The van der Waals surface area contributed by atoms with Crippen molar-refractivity contribution in [1.82, 2.24) is 4.90 Å². The molecule has 1 aliphatic rings. The number of anilines is 1. The summed E-state index contributed by atoms with van der Waals surface area (Å²) in [6.07, 6.45) is 29.6. The van der Waals surface area contributed by atoms with Gasteiger partial charge in [-0.2, -0.15) is 0 Å². The lowest BCUT2D eigenvalue weighted by molar-refractivity contribution is -0.116. The summed E-state index contributed by atoms with van der Waals surface area (Å²) in [5.41, 5.74) is 1.28. The van der Waals surface area contributed by atoms with E-state index in [1.165, 1.54) is 116 Å². The number of benzene rings is 1. The maximum Gasteiger partial charge on any atom is 0.255 e. The highest BCUT2D eigenvalue weighted by Crippen LogP contribution is 2.21. The SMILES string of the molecule is CCCCCCCCCCCCCCCCCCCCCC(=O)Nc1ccccc1C(=O)N1CCCCC1. The van der Waals surface area contributed by atoms with E-state index in [4.69, 9.17) is 0 Å². The van der Waals surface area contributed by atoms with E-state index >= 15 is 0 Å². The molecule has 0 unspecified atom stereocenters. The molecular weight excluding hydrogens is 468 g/mol. The molecule has 0 radical (unpaired) electrons. The Labute approximate surface area is 234 Å². The van der Waals surface area contributed by atoms with E-state index in [0.717, 1.165) is 38.8 Å². The Morgan fingerprint density at radius 3 is 1.58 bits per heavy atom. The predicted octanol–water partition coefficient (Wildman–Crippen LogP) is 10.1. The highest BCUT2D eigenvalue weighted by atomic mass is 16.2. The van der Waals surface area contributed by atoms with Crippen LogP contribution in [0.1, 0.15) is 165 Å². The number of nitrogens with zero attached hydrogens (tertiary/aromatic N) is 1. The summed E-state index contributed by atoms with van der Waals surface area (Å²) in [5, 5.41) is 3.00. The Balaban J connectivity index is 1.40. The summed E-state index contributed by atoms with van der Waals surface area (Å²) < 4.78 is 0. The molecule has 1 aliphatic heterocycles. The molecule has 0 aliphatic carbocycles. The molecule has 0 atom stereocenters. The van der Waals surface area contributed by atoms with Crippen LogP contribution >= 0.6 is 0 Å². The third-order valence-corrected chi connectivity index (χ3v) is 8.08. The molecule has 2 amide bonds. The molecule has 4 nitrogen and oxygen atoms in total. The van der Waals surface area contributed by atoms with Gasteiger partial charge in [-0.3, -0.25) is 9.59 Å². The fourth-order valence-corrected chi connectivity index (χ4v) is 5.62. The monoisotopic (exact) mass is 526 g/mol. The van der Waals surface area contributed by atoms with Gasteiger partial charge in [0, 0.05) is 19.5 Å². The van der Waals surface area contributed by atoms with Crippen LogP contribution in [0.15, 0.2) is 24.3 Å². The second kappa shape index (κ2) is 22.0. The number of nitrogens with one attached hydrogen (secondary N) is 1. The van der Waals surface area contributed by atoms with Gasteiger partial charge in [0.05, 0.1) is 11.3 Å². The van der Waals surface area contributed by atoms with E-state index in [9.17, 15) is 9.59 Å². The van der Waals surface area contributed by atoms with Gasteiger partial charge < -0.3 is 10.2 Å². The van der Waals surface area contributed by atoms with E-state index in [2.05, 4.69) is 12.2 Å². The Morgan fingerprint density at radius 1 is 0.632 bits per heavy atom. The molecule has 0 spiro atoms. The number of hydrogen-bond donors (Lipinski definition) is 1. The highest BCUT2D eigenvalue weighted by molar-refractivity contribution is 6.03. The maximum atomic E-state index is 12.9. The summed E-state index contributed by atoms with van der Waals surface area (Å²) in [5.74, 6) is 0.0694. The van der Waals surface area contributed by atoms with Crippen molar-refractivity contribution in [3.8, 4) is 0 Å². The van der Waals surface area contributed by atoms with Crippen LogP contribution < -0.4 is 5.32 Å². The molecule has 4 heteroatoms. The van der Waals surface area contributed by atoms with Crippen molar-refractivity contribution in [2.24, 2.45) is 0 Å². The van der Waals surface area contributed by atoms with Gasteiger partial charge in [-0.1, -0.05) is 135 Å². The second-order valence-electron chi connectivity index (χ2n) is 11.6. The number of hydrogen-bond acceptors (Lipinski definition) is 2. The van der Waals surface area contributed by atoms with E-state index in [0.29, 0.717) is 17.7 Å². The van der Waals surface area contributed by atoms with Crippen molar-refractivity contribution >= 4 is 17.5 Å². The first kappa shape index (κ1) is 32.4. The molecule has 1 aromatic rings. The minimum atomic E-state index is 0.0240. The first-order chi connectivity index (χ1) is 18.7. The first-order valence-electron chi connectivity index (χ1n) is 16.4. The molecule has 38 heavy (non-hydrogen) atoms. The highest BCUT2D eigenvalue weighted by Gasteiger charge is 2.21. The van der Waals surface area contributed by atoms with E-state index in [1.54, 1.807) is 0 Å². The molecule has 216 valence electrons. The number of carbonyl (C=O) groups is 2. The predicted molar refractivity (Wildman–Crippen MR) is 163 cm³/mol. The van der Waals surface area contributed by atoms with Gasteiger partial charge in [0.1, 0.15) is 0 Å². The molecular formula is C34H58N2O2. The van der Waals surface area contributed by atoms with Crippen LogP contribution in [0.25, 0.3) is 0 Å². The summed E-state index contributed by atoms with van der Waals surface area (Å²) in [7, 11) is 0. The van der Waals surface area contributed by atoms with Crippen LogP contribution in [0.3, 0.4) is 0 Å². The summed E-state index contributed by atoms with van der Waals surface area (Å²) in [6.45, 7) is 3.93. The minimum Gasteiger partial charge on any atom is -0.339 e. The van der Waals surface area contributed by atoms with E-state index < -0.39 is 0 Å². The van der Waals surface area contributed by atoms with Gasteiger partial charge >= 0.3 is 0 Å². The molecule has 0 saturated carbocycles. The number of amides is 2. The molecule has 1 saturated heterocycles. The zero-order chi connectivity index (χ0) is 27.1. The smallest absolute Gasteiger partial charge is 0.255 e. The lowest BCUT2D eigenvalue weighted by Crippen LogP contribution is -2.36. The van der Waals surface area contributed by atoms with Crippen molar-refractivity contribution in [2.45, 2.75) is 155 Å². The van der Waals surface area contributed by atoms with Crippen LogP contribution in [-0.4, -0.2) is 29.8 Å². The fraction of sp³-hybridized carbons (Fsp3) is 0.765. The van der Waals surface area contributed by atoms with Crippen molar-refractivity contribution < 1.29 is 9.59 Å². The standard InChI is InChI=1S/C34H58N2O2/c1-2-3-4-5-6-7-8-9-10-11-12-13-14-15-16-17-18-19-21-28-33(37)35-32-27-23-22-26-31(32)34(38)36-29-24-20-25-30-36/h22-23,26-27H,2-21,24-25,28-30H2,1H3,(H,35,37). The zero-order valence-electron chi connectivity index (χ0n) is 24.8. The lowest BCUT2D eigenvalue weighted by Gasteiger charge is -2.27. The average molecular weight is 527 g/mol. The van der Waals surface area contributed by atoms with Crippen LogP contribution in [0.5, 0.6) is 0 Å². The van der Waals surface area contributed by atoms with Crippen molar-refractivity contribution in [3.63, 3.8) is 0 Å². The largest absolute Gasteiger partial charge is 0.339 e. The Morgan fingerprint density at radius 2 is 1.08 bits per heavy atom. The Kier molecular flexibility index (Phi) is 18.8. The van der Waals surface area contributed by atoms with Crippen molar-refractivity contribution in [2.75, 3.05) is 18.4 Å². The number of para-hydroxylation sites is 1. The third-order valence-electron chi connectivity index (χ3n) is 8.08. The third kappa shape index (κ3) is 14.9. The number of piperidine rings is 1. The Hall–Kier alpha value is -1.84. The van der Waals surface area contributed by atoms with Crippen LogP contribution in [0.4, 0.5) is 5.69 Å². The quantitative estimate of drug-likeness (QED) is 0.153. The van der Waals surface area contributed by atoms with Gasteiger partial charge in [0.2, 0.25) is 5.91 Å². The fourth-order valence-electron chi connectivity index (χ4n) is 5.62. The molecule has 1 N–H and O–H groups in total. The Bertz CT molecular complexity index is 742. The van der Waals surface area contributed by atoms with Crippen molar-refractivity contribution in [1.29, 1.82) is 0 Å². The molecule has 1 aromatic carbocycles. The normalized spacial score (nSPS) is 13.6. The van der Waals surface area contributed by atoms with E-state index in [1.807, 2.05) is 29.2 Å². The van der Waals surface area contributed by atoms with Crippen molar-refractivity contribution in [3.05, 3.63) is 29.8 Å². The lowest BCUT2D eigenvalue weighted by atomic mass is 10.0. The molecule has 0 bridgehead atoms. The zero-order valence-corrected chi connectivity index (χ0v) is 24.8. The van der Waals surface area contributed by atoms with Crippen LogP contribution in [0, 0.1) is 0 Å². The summed E-state index contributed by atoms with van der Waals surface area (Å²) >= 11 is 0. The van der Waals surface area contributed by atoms with Gasteiger partial charge in [-0.15, -0.1) is 0 Å². The van der Waals surface area contributed by atoms with Crippen LogP contribution in [-0.2, 0) is 4.79 Å². The maximum absolute atomic E-state index is 12.9. The van der Waals surface area contributed by atoms with E-state index in [-0.39, 0.29) is 11.8 Å². The topological polar surface area (TPSA) is 49.4 Å². The summed E-state index contributed by atoms with van der Waals surface area (Å²) in [4.78, 5) is 27.4. The van der Waals surface area contributed by atoms with Gasteiger partial charge in [-0.25, -0.2) is 0 Å². The number of likely N-dealkylation sites (tertiary alicyclic amines) is 1. The van der Waals surface area contributed by atoms with Gasteiger partial charge in [-0.05, 0) is 37.8 Å². The molecule has 1 heterocycles. The number of unbranched alkanes of at least 4 members (excludes halogenated alkanes) is 18. The molecule has 2 rings (SSSR count). The minimum absolute atomic E-state index is 0.0240. The summed E-state index contributed by atoms with van der Waals surface area (Å²) in [6, 6.07) is 7.46. The molecule has 1 fully saturated rings. The molecule has 0 aromatic heterocycles.